The fraction of sp³-hybridized carbons (Fsp3) is 0.238. The first kappa shape index (κ1) is 23.0. The summed E-state index contributed by atoms with van der Waals surface area (Å²) in [6.07, 6.45) is 0. The lowest BCUT2D eigenvalue weighted by Gasteiger charge is -2.22. The first-order valence-corrected chi connectivity index (χ1v) is 12.0. The van der Waals surface area contributed by atoms with Gasteiger partial charge in [-0.05, 0) is 69.3 Å². The molecule has 3 rings (SSSR count). The van der Waals surface area contributed by atoms with Gasteiger partial charge in [0.25, 0.3) is 10.0 Å². The third-order valence-electron chi connectivity index (χ3n) is 4.59. The van der Waals surface area contributed by atoms with Crippen molar-refractivity contribution in [1.29, 1.82) is 0 Å². The first-order chi connectivity index (χ1) is 14.7. The zero-order chi connectivity index (χ0) is 22.6. The largest absolute Gasteiger partial charge is 0.341 e. The van der Waals surface area contributed by atoms with Gasteiger partial charge in [0, 0.05) is 23.2 Å². The summed E-state index contributed by atoms with van der Waals surface area (Å²) in [6.45, 7) is 7.06. The Bertz CT molecular complexity index is 1150. The molecule has 2 N–H and O–H groups in total. The second kappa shape index (κ2) is 9.61. The minimum Gasteiger partial charge on any atom is -0.341 e. The summed E-state index contributed by atoms with van der Waals surface area (Å²) in [5.41, 5.74) is 1.25. The Morgan fingerprint density at radius 2 is 1.61 bits per heavy atom. The van der Waals surface area contributed by atoms with E-state index in [-0.39, 0.29) is 22.2 Å². The maximum absolute atomic E-state index is 13.3. The minimum atomic E-state index is -3.88. The number of nitrogens with one attached hydrogen (secondary N) is 2. The molecule has 1 heterocycles. The normalized spacial score (nSPS) is 11.3. The highest BCUT2D eigenvalue weighted by Crippen LogP contribution is 2.31. The van der Waals surface area contributed by atoms with Crippen LogP contribution in [-0.2, 0) is 10.0 Å². The van der Waals surface area contributed by atoms with Gasteiger partial charge in [0.1, 0.15) is 11.5 Å². The third-order valence-corrected chi connectivity index (χ3v) is 6.49. The number of hydrogen-bond acceptors (Lipinski definition) is 6. The van der Waals surface area contributed by atoms with E-state index in [9.17, 15) is 12.8 Å². The van der Waals surface area contributed by atoms with Gasteiger partial charge in [0.05, 0.1) is 10.6 Å². The molecule has 0 aliphatic rings. The molecule has 0 atom stereocenters. The number of halogens is 2. The van der Waals surface area contributed by atoms with Crippen molar-refractivity contribution in [3.8, 4) is 0 Å². The minimum absolute atomic E-state index is 0.107. The molecule has 0 aliphatic carbocycles. The number of aryl methyl sites for hydroxylation is 1. The molecule has 164 valence electrons. The second-order valence-electron chi connectivity index (χ2n) is 6.70. The van der Waals surface area contributed by atoms with Gasteiger partial charge in [-0.1, -0.05) is 15.9 Å². The Labute approximate surface area is 189 Å². The molecule has 0 spiro atoms. The van der Waals surface area contributed by atoms with Crippen LogP contribution in [-0.4, -0.2) is 31.5 Å². The molecule has 0 radical (unpaired) electrons. The molecule has 0 unspecified atom stereocenters. The molecule has 10 heteroatoms. The van der Waals surface area contributed by atoms with E-state index in [0.29, 0.717) is 30.4 Å². The van der Waals surface area contributed by atoms with Gasteiger partial charge in [-0.25, -0.2) is 17.8 Å². The molecule has 0 bridgehead atoms. The molecule has 2 aromatic carbocycles. The van der Waals surface area contributed by atoms with Gasteiger partial charge in [0.15, 0.2) is 5.82 Å². The van der Waals surface area contributed by atoms with Crippen molar-refractivity contribution in [2.24, 2.45) is 0 Å². The van der Waals surface area contributed by atoms with Gasteiger partial charge < -0.3 is 10.2 Å². The van der Waals surface area contributed by atoms with Crippen molar-refractivity contribution in [2.75, 3.05) is 28.0 Å². The van der Waals surface area contributed by atoms with Gasteiger partial charge in [-0.15, -0.1) is 0 Å². The highest BCUT2D eigenvalue weighted by molar-refractivity contribution is 9.10. The lowest BCUT2D eigenvalue weighted by molar-refractivity contribution is 0.601. The van der Waals surface area contributed by atoms with Crippen LogP contribution < -0.4 is 14.9 Å². The van der Waals surface area contributed by atoms with Crippen LogP contribution in [0.15, 0.2) is 57.9 Å². The van der Waals surface area contributed by atoms with Crippen molar-refractivity contribution in [1.82, 2.24) is 9.97 Å². The lowest BCUT2D eigenvalue weighted by atomic mass is 10.3. The topological polar surface area (TPSA) is 87.2 Å². The number of rotatable bonds is 8. The van der Waals surface area contributed by atoms with Crippen LogP contribution in [0.2, 0.25) is 0 Å². The highest BCUT2D eigenvalue weighted by Gasteiger charge is 2.21. The predicted octanol–water partition coefficient (Wildman–Crippen LogP) is 5.08. The maximum Gasteiger partial charge on any atom is 0.262 e. The summed E-state index contributed by atoms with van der Waals surface area (Å²) in [7, 11) is -3.88. The smallest absolute Gasteiger partial charge is 0.262 e. The maximum atomic E-state index is 13.3. The van der Waals surface area contributed by atoms with E-state index in [0.717, 1.165) is 4.47 Å². The van der Waals surface area contributed by atoms with E-state index in [1.165, 1.54) is 24.3 Å². The fourth-order valence-electron chi connectivity index (χ4n) is 2.90. The number of benzene rings is 2. The molecule has 0 amide bonds. The molecule has 1 aromatic heterocycles. The number of hydrogen-bond donors (Lipinski definition) is 2. The Morgan fingerprint density at radius 3 is 2.19 bits per heavy atom. The zero-order valence-corrected chi connectivity index (χ0v) is 19.8. The molecular weight excluding hydrogens is 485 g/mol. The van der Waals surface area contributed by atoms with Crippen LogP contribution in [0.1, 0.15) is 19.5 Å². The van der Waals surface area contributed by atoms with E-state index in [1.807, 2.05) is 18.7 Å². The van der Waals surface area contributed by atoms with Gasteiger partial charge >= 0.3 is 0 Å². The van der Waals surface area contributed by atoms with E-state index in [4.69, 9.17) is 0 Å². The van der Waals surface area contributed by atoms with Gasteiger partial charge in [-0.3, -0.25) is 4.72 Å². The molecule has 0 saturated heterocycles. The van der Waals surface area contributed by atoms with E-state index in [2.05, 4.69) is 35.9 Å². The summed E-state index contributed by atoms with van der Waals surface area (Å²) in [5, 5.41) is 3.09. The number of sulfonamides is 1. The summed E-state index contributed by atoms with van der Waals surface area (Å²) in [5.74, 6) is 0.379. The number of nitrogens with zero attached hydrogens (tertiary/aromatic N) is 3. The van der Waals surface area contributed by atoms with E-state index >= 15 is 0 Å². The SMILES string of the molecule is CCN(CC)c1nc(C)c(NS(=O)(=O)c2ccc(Br)cc2)c(Nc2ccc(F)cc2)n1. The van der Waals surface area contributed by atoms with Crippen LogP contribution in [0.3, 0.4) is 0 Å². The molecule has 0 saturated carbocycles. The van der Waals surface area contributed by atoms with E-state index in [1.54, 1.807) is 31.2 Å². The van der Waals surface area contributed by atoms with Crippen molar-refractivity contribution in [3.63, 3.8) is 0 Å². The Morgan fingerprint density at radius 1 is 1.00 bits per heavy atom. The first-order valence-electron chi connectivity index (χ1n) is 9.68. The third kappa shape index (κ3) is 5.50. The highest BCUT2D eigenvalue weighted by atomic mass is 79.9. The van der Waals surface area contributed by atoms with Crippen LogP contribution in [0.25, 0.3) is 0 Å². The lowest BCUT2D eigenvalue weighted by Crippen LogP contribution is -2.25. The standard InChI is InChI=1S/C21H23BrFN5O2S/c1-4-28(5-2)21-24-14(3)19(20(26-21)25-17-10-8-16(23)9-11-17)27-31(29,30)18-12-6-15(22)7-13-18/h6-13,27H,4-5H2,1-3H3,(H,24,25,26). The molecular formula is C21H23BrFN5O2S. The van der Waals surface area contributed by atoms with Crippen molar-refractivity contribution in [3.05, 3.63) is 64.5 Å². The fourth-order valence-corrected chi connectivity index (χ4v) is 4.29. The monoisotopic (exact) mass is 507 g/mol. The Kier molecular flexibility index (Phi) is 7.11. The summed E-state index contributed by atoms with van der Waals surface area (Å²) in [4.78, 5) is 11.1. The van der Waals surface area contributed by atoms with Gasteiger partial charge in [-0.2, -0.15) is 4.98 Å². The van der Waals surface area contributed by atoms with Crippen molar-refractivity contribution >= 4 is 49.1 Å². The molecule has 31 heavy (non-hydrogen) atoms. The average Bonchev–Trinajstić information content (AvgIpc) is 2.73. The van der Waals surface area contributed by atoms with Crippen molar-refractivity contribution < 1.29 is 12.8 Å². The summed E-state index contributed by atoms with van der Waals surface area (Å²) < 4.78 is 42.6. The second-order valence-corrected chi connectivity index (χ2v) is 9.29. The number of anilines is 4. The summed E-state index contributed by atoms with van der Waals surface area (Å²) in [6, 6.07) is 12.0. The molecule has 0 fully saturated rings. The zero-order valence-electron chi connectivity index (χ0n) is 17.4. The number of aromatic nitrogens is 2. The quantitative estimate of drug-likeness (QED) is 0.442. The molecule has 3 aromatic rings. The van der Waals surface area contributed by atoms with Crippen molar-refractivity contribution in [2.45, 2.75) is 25.7 Å². The Hall–Kier alpha value is -2.72. The Balaban J connectivity index is 2.06. The average molecular weight is 508 g/mol. The van der Waals surface area contributed by atoms with Crippen LogP contribution >= 0.6 is 15.9 Å². The van der Waals surface area contributed by atoms with Gasteiger partial charge in [0.2, 0.25) is 5.95 Å². The van der Waals surface area contributed by atoms with Crippen LogP contribution in [0.5, 0.6) is 0 Å². The summed E-state index contributed by atoms with van der Waals surface area (Å²) >= 11 is 3.30. The van der Waals surface area contributed by atoms with Crippen LogP contribution in [0.4, 0.5) is 27.5 Å². The van der Waals surface area contributed by atoms with E-state index < -0.39 is 10.0 Å². The predicted molar refractivity (Wildman–Crippen MR) is 125 cm³/mol. The molecule has 7 nitrogen and oxygen atoms in total. The van der Waals surface area contributed by atoms with Crippen LogP contribution in [0, 0.1) is 12.7 Å². The molecule has 0 aliphatic heterocycles.